The first-order chi connectivity index (χ1) is 14.7. The molecule has 0 unspecified atom stereocenters. The van der Waals surface area contributed by atoms with Crippen LogP contribution in [-0.2, 0) is 13.0 Å². The number of hydrogen-bond acceptors (Lipinski definition) is 3. The summed E-state index contributed by atoms with van der Waals surface area (Å²) in [7, 11) is 0. The van der Waals surface area contributed by atoms with Crippen LogP contribution in [0.4, 0.5) is 5.69 Å². The van der Waals surface area contributed by atoms with Gasteiger partial charge < -0.3 is 5.32 Å². The van der Waals surface area contributed by atoms with Crippen molar-refractivity contribution < 1.29 is 4.79 Å². The molecule has 1 aromatic heterocycles. The van der Waals surface area contributed by atoms with Gasteiger partial charge in [-0.25, -0.2) is 4.68 Å². The normalized spacial score (nSPS) is 10.5. The number of aromatic nitrogens is 2. The van der Waals surface area contributed by atoms with E-state index < -0.39 is 0 Å². The Bertz CT molecular complexity index is 1200. The minimum absolute atomic E-state index is 0.194. The Balaban J connectivity index is 1.55. The Morgan fingerprint density at radius 3 is 2.13 bits per heavy atom. The fourth-order valence-electron chi connectivity index (χ4n) is 3.24. The van der Waals surface area contributed by atoms with Gasteiger partial charge in [0.25, 0.3) is 11.5 Å². The van der Waals surface area contributed by atoms with E-state index in [-0.39, 0.29) is 17.2 Å². The van der Waals surface area contributed by atoms with Crippen molar-refractivity contribution in [2.24, 2.45) is 0 Å². The molecular weight excluding hydrogens is 374 g/mol. The Morgan fingerprint density at radius 1 is 0.767 bits per heavy atom. The van der Waals surface area contributed by atoms with Gasteiger partial charge in [-0.05, 0) is 35.2 Å². The number of para-hydroxylation sites is 1. The topological polar surface area (TPSA) is 64.0 Å². The third-order valence-corrected chi connectivity index (χ3v) is 4.78. The minimum Gasteiger partial charge on any atom is -0.320 e. The smallest absolute Gasteiger partial charge is 0.276 e. The highest BCUT2D eigenvalue weighted by atomic mass is 16.2. The molecule has 0 aliphatic rings. The summed E-state index contributed by atoms with van der Waals surface area (Å²) < 4.78 is 1.31. The lowest BCUT2D eigenvalue weighted by Crippen LogP contribution is -2.26. The molecule has 0 bridgehead atoms. The van der Waals surface area contributed by atoms with Crippen LogP contribution >= 0.6 is 0 Å². The third-order valence-electron chi connectivity index (χ3n) is 4.78. The molecular formula is C25H21N3O2. The molecule has 5 nitrogen and oxygen atoms in total. The number of anilines is 1. The van der Waals surface area contributed by atoms with Gasteiger partial charge in [0.2, 0.25) is 0 Å². The predicted molar refractivity (Wildman–Crippen MR) is 118 cm³/mol. The van der Waals surface area contributed by atoms with Crippen molar-refractivity contribution in [2.45, 2.75) is 13.0 Å². The summed E-state index contributed by atoms with van der Waals surface area (Å²) in [5, 5.41) is 7.21. The summed E-state index contributed by atoms with van der Waals surface area (Å²) in [6, 6.07) is 30.2. The average Bonchev–Trinajstić information content (AvgIpc) is 2.78. The van der Waals surface area contributed by atoms with Crippen molar-refractivity contribution in [2.75, 3.05) is 5.32 Å². The molecule has 0 saturated heterocycles. The number of amides is 1. The van der Waals surface area contributed by atoms with Crippen molar-refractivity contribution >= 4 is 11.6 Å². The Labute approximate surface area is 174 Å². The van der Waals surface area contributed by atoms with E-state index in [1.807, 2.05) is 72.8 Å². The molecule has 1 amide bonds. The largest absolute Gasteiger partial charge is 0.320 e. The van der Waals surface area contributed by atoms with E-state index in [4.69, 9.17) is 0 Å². The maximum absolute atomic E-state index is 12.8. The summed E-state index contributed by atoms with van der Waals surface area (Å²) in [4.78, 5) is 25.0. The number of nitrogens with zero attached hydrogens (tertiary/aromatic N) is 2. The molecule has 30 heavy (non-hydrogen) atoms. The monoisotopic (exact) mass is 395 g/mol. The zero-order valence-electron chi connectivity index (χ0n) is 16.4. The van der Waals surface area contributed by atoms with Crippen LogP contribution in [0.5, 0.6) is 0 Å². The quantitative estimate of drug-likeness (QED) is 0.534. The molecule has 148 valence electrons. The molecule has 4 rings (SSSR count). The molecule has 0 fully saturated rings. The summed E-state index contributed by atoms with van der Waals surface area (Å²) in [5.41, 5.74) is 3.79. The van der Waals surface area contributed by atoms with Gasteiger partial charge >= 0.3 is 0 Å². The van der Waals surface area contributed by atoms with E-state index >= 15 is 0 Å². The van der Waals surface area contributed by atoms with Gasteiger partial charge in [0.15, 0.2) is 0 Å². The lowest BCUT2D eigenvalue weighted by Gasteiger charge is -2.12. The molecule has 5 heteroatoms. The van der Waals surface area contributed by atoms with E-state index in [9.17, 15) is 9.59 Å². The van der Waals surface area contributed by atoms with Crippen LogP contribution in [-0.4, -0.2) is 15.7 Å². The number of carbonyl (C=O) groups is 1. The Morgan fingerprint density at radius 2 is 1.40 bits per heavy atom. The van der Waals surface area contributed by atoms with E-state index in [0.29, 0.717) is 13.0 Å². The van der Waals surface area contributed by atoms with Crippen LogP contribution < -0.4 is 10.9 Å². The van der Waals surface area contributed by atoms with Crippen LogP contribution in [0.3, 0.4) is 0 Å². The maximum atomic E-state index is 12.8. The lowest BCUT2D eigenvalue weighted by molar-refractivity contribution is 0.102. The van der Waals surface area contributed by atoms with E-state index in [0.717, 1.165) is 22.4 Å². The second kappa shape index (κ2) is 9.01. The molecule has 0 aliphatic heterocycles. The molecule has 4 aromatic rings. The Kier molecular flexibility index (Phi) is 5.80. The maximum Gasteiger partial charge on any atom is 0.276 e. The number of nitrogens with one attached hydrogen (secondary N) is 1. The standard InChI is InChI=1S/C25H21N3O2/c29-24-16-15-23(27-28(24)18-20-11-5-2-6-12-20)25(30)26-22-14-8-7-13-21(22)17-19-9-3-1-4-10-19/h1-16H,17-18H2,(H,26,30). The third kappa shape index (κ3) is 4.70. The minimum atomic E-state index is -0.350. The second-order valence-corrected chi connectivity index (χ2v) is 6.97. The van der Waals surface area contributed by atoms with Gasteiger partial charge in [0, 0.05) is 11.8 Å². The second-order valence-electron chi connectivity index (χ2n) is 6.97. The highest BCUT2D eigenvalue weighted by molar-refractivity contribution is 6.03. The number of hydrogen-bond donors (Lipinski definition) is 1. The molecule has 0 atom stereocenters. The molecule has 1 N–H and O–H groups in total. The first kappa shape index (κ1) is 19.3. The van der Waals surface area contributed by atoms with Gasteiger partial charge in [-0.2, -0.15) is 5.10 Å². The van der Waals surface area contributed by atoms with Gasteiger partial charge in [0.05, 0.1) is 6.54 Å². The summed E-state index contributed by atoms with van der Waals surface area (Å²) in [6.45, 7) is 0.311. The van der Waals surface area contributed by atoms with E-state index in [2.05, 4.69) is 22.5 Å². The van der Waals surface area contributed by atoms with Gasteiger partial charge in [-0.3, -0.25) is 9.59 Å². The number of benzene rings is 3. The zero-order valence-corrected chi connectivity index (χ0v) is 16.4. The molecule has 0 saturated carbocycles. The highest BCUT2D eigenvalue weighted by Crippen LogP contribution is 2.19. The van der Waals surface area contributed by atoms with Crippen LogP contribution in [0, 0.1) is 0 Å². The van der Waals surface area contributed by atoms with Gasteiger partial charge in [0.1, 0.15) is 5.69 Å². The summed E-state index contributed by atoms with van der Waals surface area (Å²) >= 11 is 0. The van der Waals surface area contributed by atoms with Crippen molar-refractivity contribution in [3.8, 4) is 0 Å². The lowest BCUT2D eigenvalue weighted by atomic mass is 10.0. The van der Waals surface area contributed by atoms with Gasteiger partial charge in [-0.1, -0.05) is 78.9 Å². The number of carbonyl (C=O) groups excluding carboxylic acids is 1. The van der Waals surface area contributed by atoms with E-state index in [1.165, 1.54) is 16.8 Å². The summed E-state index contributed by atoms with van der Waals surface area (Å²) in [5.74, 6) is -0.350. The fourth-order valence-corrected chi connectivity index (χ4v) is 3.24. The van der Waals surface area contributed by atoms with E-state index in [1.54, 1.807) is 0 Å². The van der Waals surface area contributed by atoms with Crippen LogP contribution in [0.15, 0.2) is 102 Å². The first-order valence-electron chi connectivity index (χ1n) is 9.74. The highest BCUT2D eigenvalue weighted by Gasteiger charge is 2.12. The molecule has 1 heterocycles. The van der Waals surface area contributed by atoms with Crippen LogP contribution in [0.25, 0.3) is 0 Å². The van der Waals surface area contributed by atoms with Crippen molar-refractivity contribution in [3.63, 3.8) is 0 Å². The first-order valence-corrected chi connectivity index (χ1v) is 9.74. The fraction of sp³-hybridized carbons (Fsp3) is 0.0800. The van der Waals surface area contributed by atoms with Gasteiger partial charge in [-0.15, -0.1) is 0 Å². The average molecular weight is 395 g/mol. The van der Waals surface area contributed by atoms with Crippen molar-refractivity contribution in [1.82, 2.24) is 9.78 Å². The number of rotatable bonds is 6. The molecule has 0 spiro atoms. The molecule has 0 aliphatic carbocycles. The SMILES string of the molecule is O=C(Nc1ccccc1Cc1ccccc1)c1ccc(=O)n(Cc2ccccc2)n1. The summed E-state index contributed by atoms with van der Waals surface area (Å²) in [6.07, 6.45) is 0.707. The van der Waals surface area contributed by atoms with Crippen LogP contribution in [0.1, 0.15) is 27.2 Å². The van der Waals surface area contributed by atoms with Crippen molar-refractivity contribution in [1.29, 1.82) is 0 Å². The molecule has 3 aromatic carbocycles. The van der Waals surface area contributed by atoms with Crippen LogP contribution in [0.2, 0.25) is 0 Å². The zero-order chi connectivity index (χ0) is 20.8. The van der Waals surface area contributed by atoms with Crippen molar-refractivity contribution in [3.05, 3.63) is 130 Å². The molecule has 0 radical (unpaired) electrons. The Hall–Kier alpha value is -3.99. The predicted octanol–water partition coefficient (Wildman–Crippen LogP) is 4.13.